The van der Waals surface area contributed by atoms with Crippen molar-refractivity contribution < 1.29 is 19.8 Å². The Hall–Kier alpha value is -2.67. The van der Waals surface area contributed by atoms with Crippen molar-refractivity contribution in [3.63, 3.8) is 0 Å². The van der Waals surface area contributed by atoms with Gasteiger partial charge in [0.2, 0.25) is 5.43 Å². The number of benzene rings is 1. The second-order valence-electron chi connectivity index (χ2n) is 4.45. The molecule has 7 heteroatoms. The van der Waals surface area contributed by atoms with Crippen LogP contribution in [0.5, 0.6) is 0 Å². The number of carboxylic acid groups (broad SMARTS) is 1. The molecule has 0 bridgehead atoms. The number of hydrogen-bond acceptors (Lipinski definition) is 4. The molecule has 21 heavy (non-hydrogen) atoms. The summed E-state index contributed by atoms with van der Waals surface area (Å²) < 4.78 is 0. The summed E-state index contributed by atoms with van der Waals surface area (Å²) in [6.07, 6.45) is 1.12. The van der Waals surface area contributed by atoms with Gasteiger partial charge in [-0.05, 0) is 12.1 Å². The van der Waals surface area contributed by atoms with Gasteiger partial charge in [-0.1, -0.05) is 12.1 Å². The monoisotopic (exact) mass is 290 g/mol. The molecule has 1 atom stereocenters. The number of H-pyrrole nitrogens is 1. The van der Waals surface area contributed by atoms with Gasteiger partial charge in [-0.25, -0.2) is 4.79 Å². The molecule has 110 valence electrons. The van der Waals surface area contributed by atoms with Crippen LogP contribution in [0.2, 0.25) is 0 Å². The molecule has 2 aromatic rings. The molecule has 1 heterocycles. The first-order chi connectivity index (χ1) is 10.0. The quantitative estimate of drug-likeness (QED) is 0.622. The Balaban J connectivity index is 2.33. The number of carbonyl (C=O) groups is 2. The van der Waals surface area contributed by atoms with Crippen LogP contribution in [0.25, 0.3) is 10.9 Å². The van der Waals surface area contributed by atoms with Gasteiger partial charge in [-0.3, -0.25) is 9.59 Å². The van der Waals surface area contributed by atoms with Gasteiger partial charge in [-0.2, -0.15) is 0 Å². The second-order valence-corrected chi connectivity index (χ2v) is 4.45. The molecule has 1 aromatic carbocycles. The maximum Gasteiger partial charge on any atom is 0.326 e. The number of carboxylic acids is 1. The Labute approximate surface area is 119 Å². The number of aliphatic hydroxyl groups excluding tert-OH is 1. The van der Waals surface area contributed by atoms with Gasteiger partial charge in [0.05, 0.1) is 0 Å². The standard InChI is InChI=1S/C14H14N2O5/c17-6-5-11(14(20)21)16-13(19)9-7-15-10-4-2-1-3-8(10)12(9)18/h1-4,7,11,17H,5-6H2,(H,15,18)(H,16,19)(H,20,21)/t11-/m0/s1. The average Bonchev–Trinajstić information content (AvgIpc) is 2.47. The van der Waals surface area contributed by atoms with Crippen LogP contribution in [0, 0.1) is 0 Å². The van der Waals surface area contributed by atoms with Crippen molar-refractivity contribution >= 4 is 22.8 Å². The van der Waals surface area contributed by atoms with E-state index in [9.17, 15) is 14.4 Å². The van der Waals surface area contributed by atoms with Gasteiger partial charge in [-0.15, -0.1) is 0 Å². The highest BCUT2D eigenvalue weighted by Crippen LogP contribution is 2.07. The summed E-state index contributed by atoms with van der Waals surface area (Å²) in [5.74, 6) is -2.06. The Morgan fingerprint density at radius 1 is 1.29 bits per heavy atom. The third-order valence-corrected chi connectivity index (χ3v) is 3.05. The number of aliphatic carboxylic acids is 1. The largest absolute Gasteiger partial charge is 0.480 e. The Morgan fingerprint density at radius 3 is 2.67 bits per heavy atom. The number of hydrogen-bond donors (Lipinski definition) is 4. The van der Waals surface area contributed by atoms with E-state index < -0.39 is 23.3 Å². The number of nitrogens with one attached hydrogen (secondary N) is 2. The second kappa shape index (κ2) is 6.19. The molecule has 0 unspecified atom stereocenters. The number of fused-ring (bicyclic) bond motifs is 1. The number of carbonyl (C=O) groups excluding carboxylic acids is 1. The van der Waals surface area contributed by atoms with E-state index in [1.54, 1.807) is 24.3 Å². The van der Waals surface area contributed by atoms with Crippen LogP contribution >= 0.6 is 0 Å². The lowest BCUT2D eigenvalue weighted by atomic mass is 10.1. The fourth-order valence-electron chi connectivity index (χ4n) is 1.96. The van der Waals surface area contributed by atoms with Crippen molar-refractivity contribution in [3.05, 3.63) is 46.2 Å². The molecule has 4 N–H and O–H groups in total. The van der Waals surface area contributed by atoms with Gasteiger partial charge in [0, 0.05) is 30.1 Å². The number of para-hydroxylation sites is 1. The molecule has 0 saturated heterocycles. The average molecular weight is 290 g/mol. The van der Waals surface area contributed by atoms with Crippen molar-refractivity contribution in [3.8, 4) is 0 Å². The van der Waals surface area contributed by atoms with Gasteiger partial charge in [0.15, 0.2) is 0 Å². The molecule has 0 saturated carbocycles. The number of aliphatic hydroxyl groups is 1. The normalized spacial score (nSPS) is 12.0. The summed E-state index contributed by atoms with van der Waals surface area (Å²) in [6.45, 7) is -0.384. The maximum atomic E-state index is 12.2. The zero-order valence-electron chi connectivity index (χ0n) is 11.0. The van der Waals surface area contributed by atoms with Crippen molar-refractivity contribution in [2.45, 2.75) is 12.5 Å². The fourth-order valence-corrected chi connectivity index (χ4v) is 1.96. The summed E-state index contributed by atoms with van der Waals surface area (Å²) in [4.78, 5) is 38.0. The molecule has 0 spiro atoms. The highest BCUT2D eigenvalue weighted by Gasteiger charge is 2.21. The first-order valence-corrected chi connectivity index (χ1v) is 6.29. The van der Waals surface area contributed by atoms with Crippen LogP contribution in [0.4, 0.5) is 0 Å². The Kier molecular flexibility index (Phi) is 4.34. The number of pyridine rings is 1. The van der Waals surface area contributed by atoms with E-state index >= 15 is 0 Å². The lowest BCUT2D eigenvalue weighted by molar-refractivity contribution is -0.139. The van der Waals surface area contributed by atoms with Crippen molar-refractivity contribution in [2.24, 2.45) is 0 Å². The number of amides is 1. The minimum Gasteiger partial charge on any atom is -0.480 e. The summed E-state index contributed by atoms with van der Waals surface area (Å²) in [6, 6.07) is 5.45. The molecule has 0 fully saturated rings. The van der Waals surface area contributed by atoms with Gasteiger partial charge in [0.1, 0.15) is 11.6 Å². The topological polar surface area (TPSA) is 119 Å². The summed E-state index contributed by atoms with van der Waals surface area (Å²) in [5, 5.41) is 20.3. The third kappa shape index (κ3) is 3.09. The molecule has 1 amide bonds. The maximum absolute atomic E-state index is 12.2. The van der Waals surface area contributed by atoms with Crippen LogP contribution in [0.3, 0.4) is 0 Å². The molecule has 2 rings (SSSR count). The zero-order valence-corrected chi connectivity index (χ0v) is 11.0. The van der Waals surface area contributed by atoms with E-state index in [2.05, 4.69) is 10.3 Å². The minimum absolute atomic E-state index is 0.132. The van der Waals surface area contributed by atoms with E-state index in [4.69, 9.17) is 10.2 Å². The molecule has 0 aliphatic carbocycles. The summed E-state index contributed by atoms with van der Waals surface area (Å²) in [5.41, 5.74) is -0.0583. The molecular formula is C14H14N2O5. The Bertz CT molecular complexity index is 737. The Morgan fingerprint density at radius 2 is 2.00 bits per heavy atom. The predicted molar refractivity (Wildman–Crippen MR) is 75.2 cm³/mol. The van der Waals surface area contributed by atoms with E-state index in [1.165, 1.54) is 6.20 Å². The molecule has 7 nitrogen and oxygen atoms in total. The summed E-state index contributed by atoms with van der Waals surface area (Å²) in [7, 11) is 0. The van der Waals surface area contributed by atoms with E-state index in [-0.39, 0.29) is 18.6 Å². The number of rotatable bonds is 5. The van der Waals surface area contributed by atoms with E-state index in [0.717, 1.165) is 0 Å². The van der Waals surface area contributed by atoms with Crippen molar-refractivity contribution in [1.29, 1.82) is 0 Å². The van der Waals surface area contributed by atoms with Crippen molar-refractivity contribution in [2.75, 3.05) is 6.61 Å². The third-order valence-electron chi connectivity index (χ3n) is 3.05. The van der Waals surface area contributed by atoms with Crippen LogP contribution in [-0.2, 0) is 4.79 Å². The minimum atomic E-state index is -1.27. The lowest BCUT2D eigenvalue weighted by Gasteiger charge is -2.13. The van der Waals surface area contributed by atoms with Crippen LogP contribution in [-0.4, -0.2) is 39.7 Å². The van der Waals surface area contributed by atoms with Crippen LogP contribution in [0.1, 0.15) is 16.8 Å². The van der Waals surface area contributed by atoms with E-state index in [0.29, 0.717) is 10.9 Å². The number of aromatic nitrogens is 1. The highest BCUT2D eigenvalue weighted by atomic mass is 16.4. The molecule has 1 aromatic heterocycles. The van der Waals surface area contributed by atoms with Gasteiger partial charge >= 0.3 is 5.97 Å². The SMILES string of the molecule is O=C(N[C@@H](CCO)C(=O)O)c1c[nH]c2ccccc2c1=O. The first kappa shape index (κ1) is 14.7. The highest BCUT2D eigenvalue weighted by molar-refractivity contribution is 5.98. The van der Waals surface area contributed by atoms with E-state index in [1.807, 2.05) is 0 Å². The molecular weight excluding hydrogens is 276 g/mol. The molecule has 0 aliphatic rings. The fraction of sp³-hybridized carbons (Fsp3) is 0.214. The van der Waals surface area contributed by atoms with Crippen molar-refractivity contribution in [1.82, 2.24) is 10.3 Å². The van der Waals surface area contributed by atoms with Crippen LogP contribution < -0.4 is 10.7 Å². The smallest absolute Gasteiger partial charge is 0.326 e. The lowest BCUT2D eigenvalue weighted by Crippen LogP contribution is -2.42. The summed E-state index contributed by atoms with van der Waals surface area (Å²) >= 11 is 0. The molecule has 0 radical (unpaired) electrons. The van der Waals surface area contributed by atoms with Crippen LogP contribution in [0.15, 0.2) is 35.3 Å². The van der Waals surface area contributed by atoms with Gasteiger partial charge < -0.3 is 20.5 Å². The van der Waals surface area contributed by atoms with Gasteiger partial charge in [0.25, 0.3) is 5.91 Å². The number of aromatic amines is 1. The first-order valence-electron chi connectivity index (χ1n) is 6.29. The zero-order chi connectivity index (χ0) is 15.4. The molecule has 0 aliphatic heterocycles. The predicted octanol–water partition coefficient (Wildman–Crippen LogP) is 0.0935.